The van der Waals surface area contributed by atoms with Gasteiger partial charge >= 0.3 is 0 Å². The van der Waals surface area contributed by atoms with Crippen LogP contribution in [-0.2, 0) is 4.79 Å². The maximum absolute atomic E-state index is 10.8. The first kappa shape index (κ1) is 8.08. The first-order chi connectivity index (χ1) is 4.61. The maximum atomic E-state index is 10.8. The van der Waals surface area contributed by atoms with Crippen LogP contribution in [0.15, 0.2) is 0 Å². The predicted octanol–water partition coefficient (Wildman–Crippen LogP) is 0.783. The van der Waals surface area contributed by atoms with E-state index in [-0.39, 0.29) is 11.2 Å². The second-order valence-electron chi connectivity index (χ2n) is 3.13. The summed E-state index contributed by atoms with van der Waals surface area (Å²) in [7, 11) is 1.97. The third-order valence-electron chi connectivity index (χ3n) is 2.04. The number of rotatable bonds is 1. The van der Waals surface area contributed by atoms with Crippen molar-refractivity contribution in [1.82, 2.24) is 4.90 Å². The second kappa shape index (κ2) is 2.93. The number of carbonyl (C=O) groups excluding carboxylic acids is 1. The summed E-state index contributed by atoms with van der Waals surface area (Å²) < 4.78 is 0. The van der Waals surface area contributed by atoms with Crippen LogP contribution in [0.4, 0.5) is 0 Å². The van der Waals surface area contributed by atoms with Gasteiger partial charge in [-0.1, -0.05) is 6.92 Å². The van der Waals surface area contributed by atoms with Crippen molar-refractivity contribution in [3.8, 4) is 0 Å². The Morgan fingerprint density at radius 3 is 2.50 bits per heavy atom. The average Bonchev–Trinajstić information content (AvgIpc) is 2.10. The minimum atomic E-state index is 0.00634. The van der Waals surface area contributed by atoms with Crippen molar-refractivity contribution in [2.75, 3.05) is 13.6 Å². The van der Waals surface area contributed by atoms with Gasteiger partial charge < -0.3 is 0 Å². The van der Waals surface area contributed by atoms with Crippen molar-refractivity contribution in [2.45, 2.75) is 19.4 Å². The van der Waals surface area contributed by atoms with Gasteiger partial charge in [0.05, 0.1) is 6.04 Å². The van der Waals surface area contributed by atoms with Crippen molar-refractivity contribution in [2.24, 2.45) is 5.92 Å². The smallest absolute Gasteiger partial charge is 0.203 e. The van der Waals surface area contributed by atoms with Crippen LogP contribution in [0, 0.1) is 5.92 Å². The molecule has 0 N–H and O–H groups in total. The summed E-state index contributed by atoms with van der Waals surface area (Å²) in [6, 6.07) is 0.0679. The highest BCUT2D eigenvalue weighted by molar-refractivity contribution is 7.96. The van der Waals surface area contributed by atoms with Gasteiger partial charge in [-0.25, -0.2) is 0 Å². The van der Waals surface area contributed by atoms with E-state index >= 15 is 0 Å². The lowest BCUT2D eigenvalue weighted by molar-refractivity contribution is -0.114. The second-order valence-corrected chi connectivity index (χ2v) is 3.58. The Morgan fingerprint density at radius 1 is 1.70 bits per heavy atom. The molecule has 58 valence electrons. The van der Waals surface area contributed by atoms with Gasteiger partial charge in [-0.15, -0.1) is 12.6 Å². The standard InChI is InChI=1S/C7H13NOS/c1-5-3-6(7(9)10)8(2)4-5/h5-6H,3-4H2,1-2H3,(H,9,10)/t5-,6-/m0/s1. The first-order valence-electron chi connectivity index (χ1n) is 3.54. The number of carbonyl (C=O) groups is 1. The van der Waals surface area contributed by atoms with Crippen molar-refractivity contribution in [3.05, 3.63) is 0 Å². The molecule has 0 saturated carbocycles. The van der Waals surface area contributed by atoms with Gasteiger partial charge in [0, 0.05) is 6.54 Å². The minimum absolute atomic E-state index is 0.00634. The SMILES string of the molecule is C[C@H]1C[C@@H](C(=O)S)N(C)C1. The van der Waals surface area contributed by atoms with Gasteiger partial charge in [0.1, 0.15) is 0 Å². The molecule has 0 amide bonds. The lowest BCUT2D eigenvalue weighted by atomic mass is 10.1. The molecule has 1 aliphatic heterocycles. The van der Waals surface area contributed by atoms with Crippen LogP contribution in [0.2, 0.25) is 0 Å². The lowest BCUT2D eigenvalue weighted by Gasteiger charge is -2.14. The van der Waals surface area contributed by atoms with Crippen molar-refractivity contribution in [1.29, 1.82) is 0 Å². The highest BCUT2D eigenvalue weighted by Crippen LogP contribution is 2.21. The van der Waals surface area contributed by atoms with E-state index in [2.05, 4.69) is 24.5 Å². The molecule has 0 radical (unpaired) electrons. The Labute approximate surface area is 67.0 Å². The topological polar surface area (TPSA) is 20.3 Å². The summed E-state index contributed by atoms with van der Waals surface area (Å²) in [6.07, 6.45) is 0.971. The van der Waals surface area contributed by atoms with Crippen LogP contribution < -0.4 is 0 Å². The largest absolute Gasteiger partial charge is 0.296 e. The zero-order valence-corrected chi connectivity index (χ0v) is 7.27. The van der Waals surface area contributed by atoms with E-state index in [4.69, 9.17) is 0 Å². The average molecular weight is 159 g/mol. The summed E-state index contributed by atoms with van der Waals surface area (Å²) in [5, 5.41) is 0.00634. The number of likely N-dealkylation sites (N-methyl/N-ethyl adjacent to an activating group) is 1. The van der Waals surface area contributed by atoms with Crippen LogP contribution in [0.5, 0.6) is 0 Å². The molecule has 1 aliphatic rings. The number of likely N-dealkylation sites (tertiary alicyclic amines) is 1. The third kappa shape index (κ3) is 1.52. The van der Waals surface area contributed by atoms with Gasteiger partial charge in [0.25, 0.3) is 0 Å². The summed E-state index contributed by atoms with van der Waals surface area (Å²) in [4.78, 5) is 12.9. The highest BCUT2D eigenvalue weighted by atomic mass is 32.1. The normalized spacial score (nSPS) is 34.7. The molecule has 1 saturated heterocycles. The fraction of sp³-hybridized carbons (Fsp3) is 0.857. The van der Waals surface area contributed by atoms with E-state index < -0.39 is 0 Å². The van der Waals surface area contributed by atoms with E-state index in [1.807, 2.05) is 7.05 Å². The minimum Gasteiger partial charge on any atom is -0.296 e. The molecule has 0 unspecified atom stereocenters. The van der Waals surface area contributed by atoms with E-state index in [1.165, 1.54) is 0 Å². The molecule has 0 aromatic carbocycles. The molecule has 2 atom stereocenters. The molecule has 1 fully saturated rings. The molecular formula is C7H13NOS. The predicted molar refractivity (Wildman–Crippen MR) is 44.2 cm³/mol. The van der Waals surface area contributed by atoms with Crippen LogP contribution in [-0.4, -0.2) is 29.6 Å². The van der Waals surface area contributed by atoms with E-state index in [9.17, 15) is 4.79 Å². The zero-order valence-electron chi connectivity index (χ0n) is 6.37. The Hall–Kier alpha value is -0.0200. The van der Waals surface area contributed by atoms with Crippen LogP contribution in [0.25, 0.3) is 0 Å². The molecular weight excluding hydrogens is 146 g/mol. The molecule has 1 rings (SSSR count). The van der Waals surface area contributed by atoms with Crippen LogP contribution >= 0.6 is 12.6 Å². The van der Waals surface area contributed by atoms with Gasteiger partial charge in [0.2, 0.25) is 5.12 Å². The van der Waals surface area contributed by atoms with Crippen LogP contribution in [0.3, 0.4) is 0 Å². The molecule has 1 heterocycles. The molecule has 0 bridgehead atoms. The summed E-state index contributed by atoms with van der Waals surface area (Å²) >= 11 is 3.81. The molecule has 0 aliphatic carbocycles. The zero-order chi connectivity index (χ0) is 7.72. The number of thiol groups is 1. The molecule has 0 spiro atoms. The van der Waals surface area contributed by atoms with E-state index in [0.717, 1.165) is 13.0 Å². The highest BCUT2D eigenvalue weighted by Gasteiger charge is 2.29. The Bertz CT molecular complexity index is 149. The number of hydrogen-bond acceptors (Lipinski definition) is 2. The van der Waals surface area contributed by atoms with Gasteiger partial charge in [-0.05, 0) is 19.4 Å². The third-order valence-corrected chi connectivity index (χ3v) is 2.34. The van der Waals surface area contributed by atoms with Gasteiger partial charge in [-0.2, -0.15) is 0 Å². The molecule has 2 nitrogen and oxygen atoms in total. The Kier molecular flexibility index (Phi) is 2.36. The van der Waals surface area contributed by atoms with Crippen molar-refractivity contribution in [3.63, 3.8) is 0 Å². The molecule has 10 heavy (non-hydrogen) atoms. The van der Waals surface area contributed by atoms with E-state index in [1.54, 1.807) is 0 Å². The fourth-order valence-electron chi connectivity index (χ4n) is 1.54. The van der Waals surface area contributed by atoms with E-state index in [0.29, 0.717) is 5.92 Å². The summed E-state index contributed by atoms with van der Waals surface area (Å²) in [5.41, 5.74) is 0. The molecule has 0 aromatic rings. The maximum Gasteiger partial charge on any atom is 0.203 e. The lowest BCUT2D eigenvalue weighted by Crippen LogP contribution is -2.29. The fourth-order valence-corrected chi connectivity index (χ4v) is 1.85. The Morgan fingerprint density at radius 2 is 2.30 bits per heavy atom. The van der Waals surface area contributed by atoms with Crippen molar-refractivity contribution < 1.29 is 4.79 Å². The van der Waals surface area contributed by atoms with Gasteiger partial charge in [0.15, 0.2) is 0 Å². The number of nitrogens with zero attached hydrogens (tertiary/aromatic N) is 1. The van der Waals surface area contributed by atoms with Crippen molar-refractivity contribution >= 4 is 17.7 Å². The summed E-state index contributed by atoms with van der Waals surface area (Å²) in [5.74, 6) is 0.645. The first-order valence-corrected chi connectivity index (χ1v) is 3.99. The monoisotopic (exact) mass is 159 g/mol. The quantitative estimate of drug-likeness (QED) is 0.571. The van der Waals surface area contributed by atoms with Gasteiger partial charge in [-0.3, -0.25) is 9.69 Å². The molecule has 3 heteroatoms. The summed E-state index contributed by atoms with van der Waals surface area (Å²) in [6.45, 7) is 3.18. The van der Waals surface area contributed by atoms with Crippen LogP contribution in [0.1, 0.15) is 13.3 Å². The Balaban J connectivity index is 2.54. The number of hydrogen-bond donors (Lipinski definition) is 1. The molecule has 0 aromatic heterocycles.